The van der Waals surface area contributed by atoms with E-state index in [1.165, 1.54) is 20.2 Å². The van der Waals surface area contributed by atoms with Gasteiger partial charge in [0.25, 0.3) is 5.91 Å². The summed E-state index contributed by atoms with van der Waals surface area (Å²) in [6, 6.07) is 17.0. The number of carbonyl (C=O) groups excluding carboxylic acids is 4. The number of ether oxygens (including phenoxy) is 2. The van der Waals surface area contributed by atoms with Gasteiger partial charge in [0.1, 0.15) is 23.2 Å². The highest BCUT2D eigenvalue weighted by atomic mass is 16.6. The Labute approximate surface area is 263 Å². The smallest absolute Gasteiger partial charge is 0.408 e. The van der Waals surface area contributed by atoms with Crippen molar-refractivity contribution in [2.45, 2.75) is 70.9 Å². The van der Waals surface area contributed by atoms with Crippen LogP contribution in [0, 0.1) is 0 Å². The second-order valence-electron chi connectivity index (χ2n) is 12.5. The largest absolute Gasteiger partial charge is 0.444 e. The van der Waals surface area contributed by atoms with Crippen LogP contribution in [-0.4, -0.2) is 75.1 Å². The van der Waals surface area contributed by atoms with Gasteiger partial charge in [-0.2, -0.15) is 0 Å². The van der Waals surface area contributed by atoms with E-state index in [-0.39, 0.29) is 24.9 Å². The second kappa shape index (κ2) is 14.4. The van der Waals surface area contributed by atoms with Gasteiger partial charge < -0.3 is 34.9 Å². The summed E-state index contributed by atoms with van der Waals surface area (Å²) in [5.74, 6) is -1.06. The molecule has 1 aromatic heterocycles. The summed E-state index contributed by atoms with van der Waals surface area (Å²) in [6.45, 7) is 9.62. The highest BCUT2D eigenvalue weighted by molar-refractivity contribution is 5.98. The predicted octanol–water partition coefficient (Wildman–Crippen LogP) is 3.65. The van der Waals surface area contributed by atoms with Gasteiger partial charge >= 0.3 is 6.09 Å². The lowest BCUT2D eigenvalue weighted by Gasteiger charge is -2.34. The van der Waals surface area contributed by atoms with Crippen molar-refractivity contribution in [1.82, 2.24) is 25.1 Å². The number of likely N-dealkylation sites (tertiary alicyclic amines) is 1. The SMILES string of the molecule is CC(C)(C)OC(=O)NC(C)(C)C(=O)N[C@H](COCc1ccccc1)C(=O)Nc1cn(C(C(=O)N2CCC2)c2ccccc2)cn1. The first-order chi connectivity index (χ1) is 21.3. The van der Waals surface area contributed by atoms with Crippen LogP contribution < -0.4 is 16.0 Å². The lowest BCUT2D eigenvalue weighted by atomic mass is 10.0. The number of nitrogens with zero attached hydrogens (tertiary/aromatic N) is 3. The Morgan fingerprint density at radius 2 is 1.58 bits per heavy atom. The zero-order valence-corrected chi connectivity index (χ0v) is 26.4. The Kier molecular flexibility index (Phi) is 10.6. The van der Waals surface area contributed by atoms with E-state index in [0.29, 0.717) is 13.1 Å². The highest BCUT2D eigenvalue weighted by Crippen LogP contribution is 2.25. The summed E-state index contributed by atoms with van der Waals surface area (Å²) in [5.41, 5.74) is -0.480. The Bertz CT molecular complexity index is 1460. The number of hydrogen-bond acceptors (Lipinski definition) is 7. The molecule has 12 heteroatoms. The Balaban J connectivity index is 1.48. The number of nitrogens with one attached hydrogen (secondary N) is 3. The molecular formula is C33H42N6O6. The van der Waals surface area contributed by atoms with Crippen LogP contribution in [0.15, 0.2) is 73.2 Å². The van der Waals surface area contributed by atoms with Gasteiger partial charge in [0.05, 0.1) is 19.5 Å². The second-order valence-corrected chi connectivity index (χ2v) is 12.5. The Hall–Kier alpha value is -4.71. The molecule has 1 saturated heterocycles. The molecule has 2 aromatic carbocycles. The molecule has 0 spiro atoms. The number of amides is 4. The number of carbonyl (C=O) groups is 4. The van der Waals surface area contributed by atoms with E-state index in [1.54, 1.807) is 36.4 Å². The van der Waals surface area contributed by atoms with Crippen molar-refractivity contribution in [1.29, 1.82) is 0 Å². The third-order valence-electron chi connectivity index (χ3n) is 7.07. The monoisotopic (exact) mass is 618 g/mol. The average molecular weight is 619 g/mol. The van der Waals surface area contributed by atoms with Crippen LogP contribution in [0.2, 0.25) is 0 Å². The molecule has 1 fully saturated rings. The minimum atomic E-state index is -1.41. The maximum atomic E-state index is 13.5. The predicted molar refractivity (Wildman–Crippen MR) is 168 cm³/mol. The van der Waals surface area contributed by atoms with E-state index < -0.39 is 41.1 Å². The molecule has 0 bridgehead atoms. The van der Waals surface area contributed by atoms with Crippen molar-refractivity contribution in [3.05, 3.63) is 84.3 Å². The molecule has 2 atom stereocenters. The van der Waals surface area contributed by atoms with Gasteiger partial charge in [0.2, 0.25) is 11.8 Å². The summed E-state index contributed by atoms with van der Waals surface area (Å²) in [7, 11) is 0. The van der Waals surface area contributed by atoms with E-state index in [0.717, 1.165) is 17.5 Å². The lowest BCUT2D eigenvalue weighted by molar-refractivity contribution is -0.137. The van der Waals surface area contributed by atoms with E-state index in [9.17, 15) is 19.2 Å². The number of imidazole rings is 1. The van der Waals surface area contributed by atoms with Crippen molar-refractivity contribution < 1.29 is 28.7 Å². The van der Waals surface area contributed by atoms with Gasteiger partial charge in [0.15, 0.2) is 5.82 Å². The van der Waals surface area contributed by atoms with Gasteiger partial charge in [-0.05, 0) is 52.2 Å². The maximum absolute atomic E-state index is 13.5. The first-order valence-electron chi connectivity index (χ1n) is 14.9. The minimum Gasteiger partial charge on any atom is -0.444 e. The molecule has 3 aromatic rings. The van der Waals surface area contributed by atoms with Gasteiger partial charge in [0, 0.05) is 19.3 Å². The minimum absolute atomic E-state index is 0.0538. The molecule has 0 radical (unpaired) electrons. The number of hydrogen-bond donors (Lipinski definition) is 3. The van der Waals surface area contributed by atoms with E-state index >= 15 is 0 Å². The molecule has 4 rings (SSSR count). The zero-order valence-electron chi connectivity index (χ0n) is 26.4. The fraction of sp³-hybridized carbons (Fsp3) is 0.424. The van der Waals surface area contributed by atoms with E-state index in [4.69, 9.17) is 9.47 Å². The van der Waals surface area contributed by atoms with Crippen LogP contribution in [0.4, 0.5) is 10.6 Å². The molecule has 3 N–H and O–H groups in total. The molecule has 1 aliphatic rings. The zero-order chi connectivity index (χ0) is 32.6. The molecule has 1 aliphatic heterocycles. The first-order valence-corrected chi connectivity index (χ1v) is 14.9. The molecule has 1 unspecified atom stereocenters. The molecule has 45 heavy (non-hydrogen) atoms. The van der Waals surface area contributed by atoms with Gasteiger partial charge in [-0.15, -0.1) is 0 Å². The standard InChI is InChI=1S/C33H42N6O6/c1-32(2,3)45-31(43)37-33(4,5)30(42)35-25(21-44-20-23-13-8-6-9-14-23)28(40)36-26-19-39(22-34-26)27(24-15-10-7-11-16-24)29(41)38-17-12-18-38/h6-11,13-16,19,22,25,27H,12,17-18,20-21H2,1-5H3,(H,35,42)(H,36,40)(H,37,43)/t25-,27?/m1/s1. The van der Waals surface area contributed by atoms with Crippen LogP contribution in [0.25, 0.3) is 0 Å². The molecule has 0 saturated carbocycles. The normalized spacial score (nSPS) is 14.5. The molecule has 12 nitrogen and oxygen atoms in total. The van der Waals surface area contributed by atoms with Crippen molar-refractivity contribution in [2.75, 3.05) is 25.0 Å². The van der Waals surface area contributed by atoms with Gasteiger partial charge in [-0.3, -0.25) is 14.4 Å². The summed E-state index contributed by atoms with van der Waals surface area (Å²) in [4.78, 5) is 58.7. The van der Waals surface area contributed by atoms with Crippen LogP contribution >= 0.6 is 0 Å². The fourth-order valence-electron chi connectivity index (χ4n) is 4.55. The molecular weight excluding hydrogens is 576 g/mol. The van der Waals surface area contributed by atoms with Crippen LogP contribution in [-0.2, 0) is 30.5 Å². The fourth-order valence-corrected chi connectivity index (χ4v) is 4.55. The van der Waals surface area contributed by atoms with Crippen molar-refractivity contribution in [2.24, 2.45) is 0 Å². The third-order valence-corrected chi connectivity index (χ3v) is 7.07. The number of aromatic nitrogens is 2. The molecule has 0 aliphatic carbocycles. The Morgan fingerprint density at radius 1 is 0.933 bits per heavy atom. The van der Waals surface area contributed by atoms with Gasteiger partial charge in [-0.1, -0.05) is 60.7 Å². The summed E-state index contributed by atoms with van der Waals surface area (Å²) in [5, 5.41) is 7.99. The van der Waals surface area contributed by atoms with Crippen molar-refractivity contribution in [3.8, 4) is 0 Å². The number of rotatable bonds is 12. The number of alkyl carbamates (subject to hydrolysis) is 1. The maximum Gasteiger partial charge on any atom is 0.408 e. The molecule has 2 heterocycles. The van der Waals surface area contributed by atoms with Crippen molar-refractivity contribution >= 4 is 29.6 Å². The summed E-state index contributed by atoms with van der Waals surface area (Å²) >= 11 is 0. The lowest BCUT2D eigenvalue weighted by Crippen LogP contribution is -2.59. The quantitative estimate of drug-likeness (QED) is 0.281. The summed E-state index contributed by atoms with van der Waals surface area (Å²) < 4.78 is 12.8. The summed E-state index contributed by atoms with van der Waals surface area (Å²) in [6.07, 6.45) is 3.28. The number of benzene rings is 2. The van der Waals surface area contributed by atoms with Crippen LogP contribution in [0.5, 0.6) is 0 Å². The van der Waals surface area contributed by atoms with Crippen LogP contribution in [0.1, 0.15) is 58.2 Å². The van der Waals surface area contributed by atoms with Gasteiger partial charge in [-0.25, -0.2) is 9.78 Å². The van der Waals surface area contributed by atoms with Crippen LogP contribution in [0.3, 0.4) is 0 Å². The third kappa shape index (κ3) is 9.39. The van der Waals surface area contributed by atoms with Crippen molar-refractivity contribution in [3.63, 3.8) is 0 Å². The van der Waals surface area contributed by atoms with E-state index in [2.05, 4.69) is 20.9 Å². The average Bonchev–Trinajstić information content (AvgIpc) is 3.39. The topological polar surface area (TPSA) is 144 Å². The number of anilines is 1. The Morgan fingerprint density at radius 3 is 2.18 bits per heavy atom. The van der Waals surface area contributed by atoms with E-state index in [1.807, 2.05) is 60.7 Å². The highest BCUT2D eigenvalue weighted by Gasteiger charge is 2.35. The molecule has 240 valence electrons. The molecule has 4 amide bonds. The first kappa shape index (κ1) is 33.2.